The second kappa shape index (κ2) is 1.83. The van der Waals surface area contributed by atoms with Gasteiger partial charge >= 0.3 is 0 Å². The van der Waals surface area contributed by atoms with Gasteiger partial charge in [0.25, 0.3) is 0 Å². The van der Waals surface area contributed by atoms with E-state index in [0.29, 0.717) is 0 Å². The van der Waals surface area contributed by atoms with E-state index in [2.05, 4.69) is 4.98 Å². The number of aromatic nitrogens is 1. The molecule has 0 spiro atoms. The van der Waals surface area contributed by atoms with Gasteiger partial charge in [0.15, 0.2) is 6.39 Å². The van der Waals surface area contributed by atoms with Gasteiger partial charge in [-0.1, -0.05) is 0 Å². The zero-order valence-corrected chi connectivity index (χ0v) is 5.71. The molecule has 0 bridgehead atoms. The summed E-state index contributed by atoms with van der Waals surface area (Å²) >= 11 is 0. The van der Waals surface area contributed by atoms with E-state index >= 15 is 0 Å². The van der Waals surface area contributed by atoms with E-state index in [0.717, 1.165) is 18.6 Å². The van der Waals surface area contributed by atoms with Crippen molar-refractivity contribution >= 4 is 0 Å². The van der Waals surface area contributed by atoms with E-state index in [1.165, 1.54) is 12.8 Å². The van der Waals surface area contributed by atoms with Crippen LogP contribution in [0.3, 0.4) is 0 Å². The molecule has 0 aliphatic heterocycles. The van der Waals surface area contributed by atoms with Gasteiger partial charge in [-0.05, 0) is 19.3 Å². The van der Waals surface area contributed by atoms with Crippen molar-refractivity contribution in [3.63, 3.8) is 0 Å². The van der Waals surface area contributed by atoms with Gasteiger partial charge < -0.3 is 10.2 Å². The van der Waals surface area contributed by atoms with Crippen molar-refractivity contribution in [1.29, 1.82) is 0 Å². The molecule has 0 atom stereocenters. The van der Waals surface area contributed by atoms with Gasteiger partial charge in [-0.3, -0.25) is 0 Å². The summed E-state index contributed by atoms with van der Waals surface area (Å²) in [4.78, 5) is 3.82. The van der Waals surface area contributed by atoms with Gasteiger partial charge in [0.05, 0.1) is 11.7 Å². The molecular formula is C7H10N2O. The van der Waals surface area contributed by atoms with Gasteiger partial charge in [-0.25, -0.2) is 4.98 Å². The highest BCUT2D eigenvalue weighted by Gasteiger charge is 2.37. The van der Waals surface area contributed by atoms with Crippen LogP contribution in [-0.4, -0.2) is 4.98 Å². The van der Waals surface area contributed by atoms with Crippen molar-refractivity contribution in [1.82, 2.24) is 4.98 Å². The van der Waals surface area contributed by atoms with E-state index in [4.69, 9.17) is 10.2 Å². The number of hydrogen-bond acceptors (Lipinski definition) is 3. The Balaban J connectivity index is 2.27. The quantitative estimate of drug-likeness (QED) is 0.630. The molecule has 54 valence electrons. The van der Waals surface area contributed by atoms with Crippen molar-refractivity contribution in [2.75, 3.05) is 0 Å². The van der Waals surface area contributed by atoms with Crippen LogP contribution in [0.5, 0.6) is 0 Å². The highest BCUT2D eigenvalue weighted by Crippen LogP contribution is 2.38. The average molecular weight is 138 g/mol. The topological polar surface area (TPSA) is 52.0 Å². The molecule has 2 rings (SSSR count). The van der Waals surface area contributed by atoms with Gasteiger partial charge in [0.1, 0.15) is 5.76 Å². The summed E-state index contributed by atoms with van der Waals surface area (Å²) in [7, 11) is 0. The van der Waals surface area contributed by atoms with Crippen molar-refractivity contribution in [2.24, 2.45) is 5.73 Å². The third kappa shape index (κ3) is 0.671. The molecule has 1 aromatic rings. The summed E-state index contributed by atoms with van der Waals surface area (Å²) < 4.78 is 5.10. The minimum absolute atomic E-state index is 0.184. The molecule has 10 heavy (non-hydrogen) atoms. The summed E-state index contributed by atoms with van der Waals surface area (Å²) in [6.07, 6.45) is 6.41. The van der Waals surface area contributed by atoms with Crippen molar-refractivity contribution in [2.45, 2.75) is 24.8 Å². The maximum atomic E-state index is 5.93. The molecule has 1 fully saturated rings. The first-order valence-electron chi connectivity index (χ1n) is 3.49. The highest BCUT2D eigenvalue weighted by molar-refractivity contribution is 5.11. The van der Waals surface area contributed by atoms with E-state index < -0.39 is 0 Å². The normalized spacial score (nSPS) is 22.1. The van der Waals surface area contributed by atoms with Crippen molar-refractivity contribution in [3.05, 3.63) is 18.4 Å². The standard InChI is InChI=1S/C7H10N2O/c8-7(2-1-3-7)6-4-9-5-10-6/h4-5H,1-3,8H2. The first kappa shape index (κ1) is 5.92. The lowest BCUT2D eigenvalue weighted by atomic mass is 9.76. The van der Waals surface area contributed by atoms with Crippen LogP contribution in [0, 0.1) is 0 Å². The molecule has 1 heterocycles. The molecule has 0 radical (unpaired) electrons. The number of oxazole rings is 1. The molecule has 3 nitrogen and oxygen atoms in total. The van der Waals surface area contributed by atoms with Crippen molar-refractivity contribution in [3.8, 4) is 0 Å². The van der Waals surface area contributed by atoms with Crippen LogP contribution in [0.1, 0.15) is 25.0 Å². The molecule has 1 aliphatic carbocycles. The average Bonchev–Trinajstić information content (AvgIpc) is 2.33. The maximum absolute atomic E-state index is 5.93. The second-order valence-corrected chi connectivity index (χ2v) is 2.88. The van der Waals surface area contributed by atoms with E-state index in [9.17, 15) is 0 Å². The zero-order valence-electron chi connectivity index (χ0n) is 5.71. The fraction of sp³-hybridized carbons (Fsp3) is 0.571. The van der Waals surface area contributed by atoms with E-state index in [1.54, 1.807) is 6.20 Å². The number of nitrogens with two attached hydrogens (primary N) is 1. The molecule has 1 aromatic heterocycles. The largest absolute Gasteiger partial charge is 0.447 e. The van der Waals surface area contributed by atoms with Crippen molar-refractivity contribution < 1.29 is 4.42 Å². The van der Waals surface area contributed by atoms with Crippen LogP contribution < -0.4 is 5.73 Å². The Kier molecular flexibility index (Phi) is 1.08. The second-order valence-electron chi connectivity index (χ2n) is 2.88. The predicted octanol–water partition coefficient (Wildman–Crippen LogP) is 1.01. The van der Waals surface area contributed by atoms with Gasteiger partial charge in [-0.2, -0.15) is 0 Å². The molecule has 0 amide bonds. The minimum Gasteiger partial charge on any atom is -0.447 e. The van der Waals surface area contributed by atoms with Crippen LogP contribution in [0.15, 0.2) is 17.0 Å². The van der Waals surface area contributed by atoms with E-state index in [-0.39, 0.29) is 5.54 Å². The fourth-order valence-electron chi connectivity index (χ4n) is 1.27. The molecule has 3 heteroatoms. The third-order valence-electron chi connectivity index (χ3n) is 2.17. The Hall–Kier alpha value is -0.830. The molecule has 0 saturated heterocycles. The first-order chi connectivity index (χ1) is 4.81. The molecule has 0 unspecified atom stereocenters. The van der Waals surface area contributed by atoms with Gasteiger partial charge in [0, 0.05) is 0 Å². The highest BCUT2D eigenvalue weighted by atomic mass is 16.3. The van der Waals surface area contributed by atoms with Gasteiger partial charge in [0.2, 0.25) is 0 Å². The van der Waals surface area contributed by atoms with E-state index in [1.807, 2.05) is 0 Å². The fourth-order valence-corrected chi connectivity index (χ4v) is 1.27. The molecule has 1 aliphatic rings. The SMILES string of the molecule is NC1(c2cnco2)CCC1. The minimum atomic E-state index is -0.184. The summed E-state index contributed by atoms with van der Waals surface area (Å²) in [5.74, 6) is 0.832. The van der Waals surface area contributed by atoms with Crippen LogP contribution in [0.2, 0.25) is 0 Å². The third-order valence-corrected chi connectivity index (χ3v) is 2.17. The number of rotatable bonds is 1. The lowest BCUT2D eigenvalue weighted by Crippen LogP contribution is -2.42. The molecule has 2 N–H and O–H groups in total. The summed E-state index contributed by atoms with van der Waals surface area (Å²) in [6, 6.07) is 0. The number of hydrogen-bond donors (Lipinski definition) is 1. The summed E-state index contributed by atoms with van der Waals surface area (Å²) in [6.45, 7) is 0. The monoisotopic (exact) mass is 138 g/mol. The Bertz CT molecular complexity index is 214. The Morgan fingerprint density at radius 1 is 1.60 bits per heavy atom. The smallest absolute Gasteiger partial charge is 0.180 e. The Morgan fingerprint density at radius 3 is 2.80 bits per heavy atom. The Labute approximate surface area is 59.2 Å². The Morgan fingerprint density at radius 2 is 2.40 bits per heavy atom. The molecule has 0 aromatic carbocycles. The zero-order chi connectivity index (χ0) is 7.03. The summed E-state index contributed by atoms with van der Waals surface area (Å²) in [5.41, 5.74) is 5.75. The van der Waals surface area contributed by atoms with Crippen LogP contribution in [0.4, 0.5) is 0 Å². The molecular weight excluding hydrogens is 128 g/mol. The van der Waals surface area contributed by atoms with Crippen LogP contribution in [-0.2, 0) is 5.54 Å². The summed E-state index contributed by atoms with van der Waals surface area (Å²) in [5, 5.41) is 0. The number of nitrogens with zero attached hydrogens (tertiary/aromatic N) is 1. The lowest BCUT2D eigenvalue weighted by Gasteiger charge is -2.35. The maximum Gasteiger partial charge on any atom is 0.180 e. The van der Waals surface area contributed by atoms with Crippen LogP contribution in [0.25, 0.3) is 0 Å². The lowest BCUT2D eigenvalue weighted by molar-refractivity contribution is 0.208. The van der Waals surface area contributed by atoms with Crippen LogP contribution >= 0.6 is 0 Å². The molecule has 1 saturated carbocycles. The first-order valence-corrected chi connectivity index (χ1v) is 3.49. The predicted molar refractivity (Wildman–Crippen MR) is 36.2 cm³/mol. The van der Waals surface area contributed by atoms with Gasteiger partial charge in [-0.15, -0.1) is 0 Å².